The molecule has 0 aliphatic rings. The van der Waals surface area contributed by atoms with Crippen LogP contribution < -0.4 is 0 Å². The van der Waals surface area contributed by atoms with Gasteiger partial charge in [-0.2, -0.15) is 26.3 Å². The van der Waals surface area contributed by atoms with Gasteiger partial charge in [-0.1, -0.05) is 0 Å². The van der Waals surface area contributed by atoms with E-state index in [0.717, 1.165) is 0 Å². The number of hydrogen-bond acceptors (Lipinski definition) is 3. The summed E-state index contributed by atoms with van der Waals surface area (Å²) in [5.74, 6) is 0. The molecule has 102 valence electrons. The first-order valence-electron chi connectivity index (χ1n) is 4.18. The van der Waals surface area contributed by atoms with Crippen LogP contribution in [-0.4, -0.2) is 46.2 Å². The molecule has 0 rings (SSSR count). The normalized spacial score (nSPS) is 12.9. The Labute approximate surface area is 92.0 Å². The monoisotopic (exact) mass is 272 g/mol. The first-order chi connectivity index (χ1) is 7.64. The van der Waals surface area contributed by atoms with Gasteiger partial charge < -0.3 is 14.0 Å². The minimum absolute atomic E-state index is 0.736. The third-order valence-electron chi connectivity index (χ3n) is 1.10. The van der Waals surface area contributed by atoms with E-state index in [1.54, 1.807) is 0 Å². The highest BCUT2D eigenvalue weighted by molar-refractivity contribution is 6.36. The standard InChI is InChI=1S/C6H8BF7O3/c8-1-2-15-7(16-3-5(9,10)11)17-4-6(12,13)14/h1-4H2. The van der Waals surface area contributed by atoms with E-state index in [2.05, 4.69) is 14.0 Å². The van der Waals surface area contributed by atoms with Crippen LogP contribution >= 0.6 is 0 Å². The summed E-state index contributed by atoms with van der Waals surface area (Å²) in [6.45, 7) is -5.55. The van der Waals surface area contributed by atoms with Crippen molar-refractivity contribution in [3.63, 3.8) is 0 Å². The van der Waals surface area contributed by atoms with Crippen LogP contribution in [0.25, 0.3) is 0 Å². The summed E-state index contributed by atoms with van der Waals surface area (Å²) >= 11 is 0. The van der Waals surface area contributed by atoms with Crippen molar-refractivity contribution in [1.29, 1.82) is 0 Å². The SMILES string of the molecule is FCCOB(OCC(F)(F)F)OCC(F)(F)F. The second kappa shape index (κ2) is 7.02. The van der Waals surface area contributed by atoms with Gasteiger partial charge in [-0.3, -0.25) is 0 Å². The average Bonchev–Trinajstić information content (AvgIpc) is 2.13. The maximum Gasteiger partial charge on any atom is 0.640 e. The minimum Gasteiger partial charge on any atom is -0.383 e. The van der Waals surface area contributed by atoms with Gasteiger partial charge >= 0.3 is 19.7 Å². The molecule has 0 heterocycles. The first kappa shape index (κ1) is 16.5. The van der Waals surface area contributed by atoms with Crippen LogP contribution in [-0.2, 0) is 14.0 Å². The van der Waals surface area contributed by atoms with Crippen LogP contribution in [0.5, 0.6) is 0 Å². The maximum absolute atomic E-state index is 11.7. The molecule has 0 aliphatic heterocycles. The van der Waals surface area contributed by atoms with E-state index in [0.29, 0.717) is 0 Å². The van der Waals surface area contributed by atoms with E-state index in [1.807, 2.05) is 0 Å². The van der Waals surface area contributed by atoms with E-state index in [-0.39, 0.29) is 0 Å². The highest BCUT2D eigenvalue weighted by Gasteiger charge is 2.36. The fraction of sp³-hybridized carbons (Fsp3) is 1.00. The van der Waals surface area contributed by atoms with E-state index >= 15 is 0 Å². The number of halogens is 7. The molecular formula is C6H8BF7O3. The molecule has 0 N–H and O–H groups in total. The third kappa shape index (κ3) is 11.7. The molecule has 0 aliphatic carbocycles. The Morgan fingerprint density at radius 1 is 0.765 bits per heavy atom. The molecule has 0 atom stereocenters. The maximum atomic E-state index is 11.7. The molecule has 17 heavy (non-hydrogen) atoms. The van der Waals surface area contributed by atoms with Crippen molar-refractivity contribution < 1.29 is 44.7 Å². The fourth-order valence-electron chi connectivity index (χ4n) is 0.610. The van der Waals surface area contributed by atoms with E-state index < -0.39 is 46.2 Å². The lowest BCUT2D eigenvalue weighted by Gasteiger charge is -2.15. The number of rotatable bonds is 7. The van der Waals surface area contributed by atoms with Crippen molar-refractivity contribution in [3.05, 3.63) is 0 Å². The number of alkyl halides is 7. The van der Waals surface area contributed by atoms with Crippen molar-refractivity contribution in [2.75, 3.05) is 26.5 Å². The average molecular weight is 272 g/mol. The topological polar surface area (TPSA) is 27.7 Å². The predicted molar refractivity (Wildman–Crippen MR) is 41.7 cm³/mol. The molecule has 0 aromatic carbocycles. The van der Waals surface area contributed by atoms with Crippen molar-refractivity contribution in [1.82, 2.24) is 0 Å². The Morgan fingerprint density at radius 3 is 1.47 bits per heavy atom. The highest BCUT2D eigenvalue weighted by atomic mass is 19.4. The summed E-state index contributed by atoms with van der Waals surface area (Å²) in [5, 5.41) is 0. The lowest BCUT2D eigenvalue weighted by molar-refractivity contribution is -0.175. The van der Waals surface area contributed by atoms with Gasteiger partial charge in [0.05, 0.1) is 6.61 Å². The Morgan fingerprint density at radius 2 is 1.18 bits per heavy atom. The second-order valence-electron chi connectivity index (χ2n) is 2.70. The van der Waals surface area contributed by atoms with Crippen LogP contribution in [0.1, 0.15) is 0 Å². The lowest BCUT2D eigenvalue weighted by Crippen LogP contribution is -2.35. The van der Waals surface area contributed by atoms with Gasteiger partial charge in [0.1, 0.15) is 19.9 Å². The van der Waals surface area contributed by atoms with Gasteiger partial charge in [0.15, 0.2) is 0 Å². The smallest absolute Gasteiger partial charge is 0.383 e. The summed E-state index contributed by atoms with van der Waals surface area (Å²) < 4.78 is 93.6. The predicted octanol–water partition coefficient (Wildman–Crippen LogP) is 2.12. The summed E-state index contributed by atoms with van der Waals surface area (Å²) in [5.41, 5.74) is 0. The van der Waals surface area contributed by atoms with E-state index in [1.165, 1.54) is 0 Å². The molecule has 0 amide bonds. The summed E-state index contributed by atoms with van der Waals surface area (Å²) in [6, 6.07) is 0. The lowest BCUT2D eigenvalue weighted by atomic mass is 10.2. The van der Waals surface area contributed by atoms with Crippen LogP contribution in [0.4, 0.5) is 30.7 Å². The van der Waals surface area contributed by atoms with Crippen LogP contribution in [0.3, 0.4) is 0 Å². The summed E-state index contributed by atoms with van der Waals surface area (Å²) in [7, 11) is -2.21. The summed E-state index contributed by atoms with van der Waals surface area (Å²) in [4.78, 5) is 0. The minimum atomic E-state index is -4.75. The molecule has 0 spiro atoms. The van der Waals surface area contributed by atoms with Gasteiger partial charge in [0, 0.05) is 0 Å². The van der Waals surface area contributed by atoms with Crippen LogP contribution in [0.15, 0.2) is 0 Å². The van der Waals surface area contributed by atoms with Gasteiger partial charge in [0.25, 0.3) is 0 Å². The van der Waals surface area contributed by atoms with Crippen molar-refractivity contribution in [2.45, 2.75) is 12.4 Å². The second-order valence-corrected chi connectivity index (χ2v) is 2.70. The van der Waals surface area contributed by atoms with Crippen LogP contribution in [0.2, 0.25) is 0 Å². The van der Waals surface area contributed by atoms with Gasteiger partial charge in [-0.05, 0) is 0 Å². The van der Waals surface area contributed by atoms with Gasteiger partial charge in [0.2, 0.25) is 0 Å². The molecular weight excluding hydrogens is 264 g/mol. The van der Waals surface area contributed by atoms with E-state index in [9.17, 15) is 30.7 Å². The molecule has 0 fully saturated rings. The quantitative estimate of drug-likeness (QED) is 0.524. The molecule has 0 saturated carbocycles. The molecule has 3 nitrogen and oxygen atoms in total. The highest BCUT2D eigenvalue weighted by Crippen LogP contribution is 2.18. The fourth-order valence-corrected chi connectivity index (χ4v) is 0.610. The molecule has 0 aromatic heterocycles. The molecule has 0 saturated heterocycles. The number of hydrogen-bond donors (Lipinski definition) is 0. The van der Waals surface area contributed by atoms with Gasteiger partial charge in [-0.25, -0.2) is 4.39 Å². The molecule has 0 aromatic rings. The zero-order valence-electron chi connectivity index (χ0n) is 8.28. The van der Waals surface area contributed by atoms with Crippen LogP contribution in [0, 0.1) is 0 Å². The molecule has 0 radical (unpaired) electrons. The Bertz CT molecular complexity index is 189. The Kier molecular flexibility index (Phi) is 6.79. The molecule has 0 bridgehead atoms. The zero-order chi connectivity index (χ0) is 13.5. The zero-order valence-corrected chi connectivity index (χ0v) is 8.28. The van der Waals surface area contributed by atoms with Crippen molar-refractivity contribution in [3.8, 4) is 0 Å². The van der Waals surface area contributed by atoms with Gasteiger partial charge in [-0.15, -0.1) is 0 Å². The first-order valence-corrected chi connectivity index (χ1v) is 4.18. The Balaban J connectivity index is 4.05. The largest absolute Gasteiger partial charge is 0.640 e. The van der Waals surface area contributed by atoms with Crippen molar-refractivity contribution in [2.24, 2.45) is 0 Å². The Hall–Kier alpha value is -0.545. The molecule has 11 heteroatoms. The van der Waals surface area contributed by atoms with Crippen molar-refractivity contribution >= 4 is 7.32 Å². The summed E-state index contributed by atoms with van der Waals surface area (Å²) in [6.07, 6.45) is -9.50. The van der Waals surface area contributed by atoms with E-state index in [4.69, 9.17) is 0 Å². The third-order valence-corrected chi connectivity index (χ3v) is 1.10. The molecule has 0 unspecified atom stereocenters.